The van der Waals surface area contributed by atoms with Gasteiger partial charge in [-0.1, -0.05) is 12.1 Å². The molecule has 0 bridgehead atoms. The summed E-state index contributed by atoms with van der Waals surface area (Å²) in [5, 5.41) is 8.94. The molecule has 0 spiro atoms. The second kappa shape index (κ2) is 12.8. The molecule has 5 rings (SSSR count). The van der Waals surface area contributed by atoms with E-state index < -0.39 is 35.5 Å². The normalized spacial score (nSPS) is 12.0. The van der Waals surface area contributed by atoms with Crippen LogP contribution < -0.4 is 4.74 Å². The minimum absolute atomic E-state index is 0.00745. The molecular formula is C32H25F3N4O4. The number of carbonyl (C=O) groups excluding carboxylic acids is 1. The number of imidazole rings is 1. The van der Waals surface area contributed by atoms with Gasteiger partial charge in [0.05, 0.1) is 50.4 Å². The zero-order valence-corrected chi connectivity index (χ0v) is 23.0. The Kier molecular flexibility index (Phi) is 7.91. The van der Waals surface area contributed by atoms with Gasteiger partial charge in [0, 0.05) is 37.3 Å². The number of benzene rings is 3. The summed E-state index contributed by atoms with van der Waals surface area (Å²) in [6.07, 6.45) is -0.0814. The highest BCUT2D eigenvalue weighted by Gasteiger charge is 2.19. The van der Waals surface area contributed by atoms with Crippen molar-refractivity contribution in [2.45, 2.75) is 19.5 Å². The van der Waals surface area contributed by atoms with Gasteiger partial charge in [-0.3, -0.25) is 0 Å². The number of nitriles is 1. The molecule has 0 aliphatic heterocycles. The van der Waals surface area contributed by atoms with E-state index in [-0.39, 0.29) is 34.7 Å². The Labute approximate surface area is 247 Å². The lowest BCUT2D eigenvalue weighted by atomic mass is 10.0. The molecule has 0 unspecified atom stereocenters. The van der Waals surface area contributed by atoms with Gasteiger partial charge >= 0.3 is 5.97 Å². The molecule has 0 saturated carbocycles. The van der Waals surface area contributed by atoms with Crippen molar-refractivity contribution in [2.75, 3.05) is 20.8 Å². The third kappa shape index (κ3) is 6.34. The van der Waals surface area contributed by atoms with Gasteiger partial charge in [-0.25, -0.2) is 27.9 Å². The molecule has 0 saturated heterocycles. The fraction of sp³-hybridized carbons (Fsp3) is 0.188. The summed E-state index contributed by atoms with van der Waals surface area (Å²) in [4.78, 5) is 20.8. The Morgan fingerprint density at radius 3 is 2.53 bits per heavy atom. The van der Waals surface area contributed by atoms with Crippen LogP contribution in [-0.2, 0) is 29.0 Å². The summed E-state index contributed by atoms with van der Waals surface area (Å²) in [6.45, 7) is -2.05. The third-order valence-electron chi connectivity index (χ3n) is 6.62. The first-order valence-corrected chi connectivity index (χ1v) is 13.0. The Hall–Kier alpha value is -5.21. The van der Waals surface area contributed by atoms with Crippen LogP contribution in [0.4, 0.5) is 13.2 Å². The summed E-state index contributed by atoms with van der Waals surface area (Å²) in [7, 11) is 2.80. The lowest BCUT2D eigenvalue weighted by Crippen LogP contribution is -2.10. The van der Waals surface area contributed by atoms with Crippen LogP contribution in [0.2, 0.25) is 0 Å². The van der Waals surface area contributed by atoms with E-state index in [0.29, 0.717) is 35.6 Å². The molecule has 8 nitrogen and oxygen atoms in total. The van der Waals surface area contributed by atoms with Crippen LogP contribution in [0, 0.1) is 28.8 Å². The first-order valence-electron chi connectivity index (χ1n) is 14.0. The molecule has 218 valence electrons. The third-order valence-corrected chi connectivity index (χ3v) is 6.62. The molecule has 0 fully saturated rings. The van der Waals surface area contributed by atoms with Crippen LogP contribution in [0.3, 0.4) is 0 Å². The number of methoxy groups -OCH3 is 2. The molecule has 0 atom stereocenters. The average Bonchev–Trinajstić information content (AvgIpc) is 3.36. The fourth-order valence-corrected chi connectivity index (χ4v) is 4.47. The molecule has 0 radical (unpaired) electrons. The second-order valence-electron chi connectivity index (χ2n) is 9.34. The molecule has 2 aromatic heterocycles. The van der Waals surface area contributed by atoms with E-state index in [2.05, 4.69) is 9.97 Å². The number of carbonyl (C=O) groups is 1. The molecule has 0 aliphatic rings. The topological polar surface area (TPSA) is 99.3 Å². The van der Waals surface area contributed by atoms with Gasteiger partial charge in [0.25, 0.3) is 0 Å². The summed E-state index contributed by atoms with van der Waals surface area (Å²) < 4.78 is 78.9. The number of fused-ring (bicyclic) bond motifs is 1. The Bertz CT molecular complexity index is 1960. The highest BCUT2D eigenvalue weighted by Crippen LogP contribution is 2.28. The first kappa shape index (κ1) is 26.7. The predicted octanol–water partition coefficient (Wildman–Crippen LogP) is 5.99. The first-order chi connectivity index (χ1) is 21.5. The fourth-order valence-electron chi connectivity index (χ4n) is 4.47. The van der Waals surface area contributed by atoms with Crippen LogP contribution in [0.5, 0.6) is 5.88 Å². The van der Waals surface area contributed by atoms with Crippen molar-refractivity contribution in [1.82, 2.24) is 14.5 Å². The lowest BCUT2D eigenvalue weighted by Gasteiger charge is -2.12. The summed E-state index contributed by atoms with van der Waals surface area (Å²) in [6, 6.07) is 15.9. The molecular weight excluding hydrogens is 561 g/mol. The summed E-state index contributed by atoms with van der Waals surface area (Å²) >= 11 is 0. The van der Waals surface area contributed by atoms with E-state index in [1.807, 2.05) is 0 Å². The zero-order valence-electron chi connectivity index (χ0n) is 25.0. The number of nitrogens with zero attached hydrogens (tertiary/aromatic N) is 4. The van der Waals surface area contributed by atoms with Gasteiger partial charge in [-0.2, -0.15) is 5.26 Å². The number of hydrogen-bond donors (Lipinski definition) is 0. The number of pyridine rings is 1. The molecule has 0 amide bonds. The van der Waals surface area contributed by atoms with Gasteiger partial charge in [-0.05, 0) is 54.1 Å². The Balaban J connectivity index is 1.44. The van der Waals surface area contributed by atoms with Gasteiger partial charge in [-0.15, -0.1) is 0 Å². The zero-order chi connectivity index (χ0) is 32.3. The molecule has 2 heterocycles. The van der Waals surface area contributed by atoms with Gasteiger partial charge in [0.15, 0.2) is 0 Å². The van der Waals surface area contributed by atoms with E-state index in [1.165, 1.54) is 38.5 Å². The number of rotatable bonds is 10. The van der Waals surface area contributed by atoms with Crippen molar-refractivity contribution in [1.29, 1.82) is 5.26 Å². The minimum Gasteiger partial charge on any atom is -0.473 e. The Morgan fingerprint density at radius 1 is 0.977 bits per heavy atom. The van der Waals surface area contributed by atoms with Gasteiger partial charge < -0.3 is 18.8 Å². The van der Waals surface area contributed by atoms with Crippen LogP contribution in [0.25, 0.3) is 22.3 Å². The van der Waals surface area contributed by atoms with Crippen LogP contribution in [0.1, 0.15) is 35.6 Å². The molecule has 0 N–H and O–H groups in total. The van der Waals surface area contributed by atoms with Crippen LogP contribution in [-0.4, -0.2) is 41.3 Å². The summed E-state index contributed by atoms with van der Waals surface area (Å²) in [5.41, 5.74) is 0.763. The minimum atomic E-state index is -2.69. The van der Waals surface area contributed by atoms with Crippen molar-refractivity contribution >= 4 is 17.0 Å². The lowest BCUT2D eigenvalue weighted by molar-refractivity contribution is 0.0601. The van der Waals surface area contributed by atoms with E-state index in [0.717, 1.165) is 24.3 Å². The quantitative estimate of drug-likeness (QED) is 0.185. The maximum absolute atomic E-state index is 15.5. The monoisotopic (exact) mass is 588 g/mol. The van der Waals surface area contributed by atoms with Gasteiger partial charge in [0.2, 0.25) is 5.88 Å². The predicted molar refractivity (Wildman–Crippen MR) is 151 cm³/mol. The largest absolute Gasteiger partial charge is 0.473 e. The van der Waals surface area contributed by atoms with Gasteiger partial charge in [0.1, 0.15) is 29.8 Å². The highest BCUT2D eigenvalue weighted by atomic mass is 19.1. The molecule has 5 aromatic rings. The molecule has 11 heteroatoms. The maximum atomic E-state index is 15.5. The second-order valence-corrected chi connectivity index (χ2v) is 9.34. The van der Waals surface area contributed by atoms with Crippen LogP contribution in [0.15, 0.2) is 66.7 Å². The van der Waals surface area contributed by atoms with Crippen molar-refractivity contribution in [3.05, 3.63) is 112 Å². The van der Waals surface area contributed by atoms with Crippen molar-refractivity contribution in [2.24, 2.45) is 0 Å². The highest BCUT2D eigenvalue weighted by molar-refractivity contribution is 5.93. The SMILES string of the molecule is [2H]C([2H])(Oc1cccc(-c2cc(F)c(Cc3nc4ccc(C(=O)OC)cc4n3CCOC)cc2F)n1)c1ccc(C#N)cc1F. The molecule has 0 aliphatic carbocycles. The van der Waals surface area contributed by atoms with E-state index in [1.54, 1.807) is 28.8 Å². The smallest absolute Gasteiger partial charge is 0.337 e. The Morgan fingerprint density at radius 2 is 1.79 bits per heavy atom. The van der Waals surface area contributed by atoms with E-state index in [4.69, 9.17) is 22.2 Å². The molecule has 3 aromatic carbocycles. The number of esters is 1. The molecule has 43 heavy (non-hydrogen) atoms. The van der Waals surface area contributed by atoms with E-state index >= 15 is 8.78 Å². The number of ether oxygens (including phenoxy) is 3. The summed E-state index contributed by atoms with van der Waals surface area (Å²) in [5.74, 6) is -2.94. The van der Waals surface area contributed by atoms with E-state index in [9.17, 15) is 9.18 Å². The average molecular weight is 589 g/mol. The van der Waals surface area contributed by atoms with Crippen molar-refractivity contribution in [3.63, 3.8) is 0 Å². The van der Waals surface area contributed by atoms with Crippen molar-refractivity contribution in [3.8, 4) is 23.2 Å². The number of hydrogen-bond acceptors (Lipinski definition) is 7. The van der Waals surface area contributed by atoms with Crippen LogP contribution >= 0.6 is 0 Å². The standard InChI is InChI=1S/C32H25F3N4O4/c1-41-11-10-39-29-14-20(32(40)42-2)8-9-28(29)37-30(39)15-22-13-26(35)23(16-25(22)34)27-4-3-5-31(38-27)43-18-21-7-6-19(17-36)12-24(21)33/h3-9,12-14,16H,10-11,15,18H2,1-2H3/i18D2. The number of halogens is 3. The number of aromatic nitrogens is 3. The maximum Gasteiger partial charge on any atom is 0.337 e. The van der Waals surface area contributed by atoms with Crippen molar-refractivity contribution < 1.29 is 34.9 Å².